The van der Waals surface area contributed by atoms with Crippen molar-refractivity contribution < 1.29 is 14.4 Å². The molecule has 1 aromatic heterocycles. The molecule has 1 fully saturated rings. The van der Waals surface area contributed by atoms with Gasteiger partial charge in [-0.15, -0.1) is 0 Å². The van der Waals surface area contributed by atoms with Crippen molar-refractivity contribution >= 4 is 29.1 Å². The molecule has 3 amide bonds. The summed E-state index contributed by atoms with van der Waals surface area (Å²) in [5, 5.41) is 5.71. The summed E-state index contributed by atoms with van der Waals surface area (Å²) in [6.07, 6.45) is 6.52. The molecular weight excluding hydrogens is 442 g/mol. The summed E-state index contributed by atoms with van der Waals surface area (Å²) in [5.74, 6) is 0.320. The van der Waals surface area contributed by atoms with Crippen LogP contribution in [0.2, 0.25) is 0 Å². The number of hydrogen-bond acceptors (Lipinski definition) is 4. The summed E-state index contributed by atoms with van der Waals surface area (Å²) in [6.45, 7) is 6.27. The monoisotopic (exact) mass is 473 g/mol. The molecule has 0 spiro atoms. The first-order valence-corrected chi connectivity index (χ1v) is 11.9. The first kappa shape index (κ1) is 24.2. The minimum atomic E-state index is -0.347. The van der Waals surface area contributed by atoms with Gasteiger partial charge >= 0.3 is 0 Å². The van der Waals surface area contributed by atoms with E-state index in [-0.39, 0.29) is 24.1 Å². The highest BCUT2D eigenvalue weighted by atomic mass is 16.2. The van der Waals surface area contributed by atoms with Crippen LogP contribution in [0.3, 0.4) is 0 Å². The lowest BCUT2D eigenvalue weighted by Gasteiger charge is -2.35. The molecule has 182 valence electrons. The molecule has 3 aromatic rings. The van der Waals surface area contributed by atoms with Gasteiger partial charge in [0.15, 0.2) is 0 Å². The third-order valence-corrected chi connectivity index (χ3v) is 6.13. The number of aromatic nitrogens is 2. The number of likely N-dealkylation sites (tertiary alicyclic amines) is 1. The van der Waals surface area contributed by atoms with Gasteiger partial charge in [-0.25, -0.2) is 4.98 Å². The summed E-state index contributed by atoms with van der Waals surface area (Å²) >= 11 is 0. The smallest absolute Gasteiger partial charge is 0.255 e. The number of rotatable bonds is 7. The average Bonchev–Trinajstić information content (AvgIpc) is 3.36. The van der Waals surface area contributed by atoms with Crippen molar-refractivity contribution in [2.45, 2.75) is 33.2 Å². The van der Waals surface area contributed by atoms with Gasteiger partial charge in [-0.3, -0.25) is 14.4 Å². The number of piperidine rings is 1. The maximum Gasteiger partial charge on any atom is 0.255 e. The lowest BCUT2D eigenvalue weighted by molar-refractivity contribution is -0.116. The Morgan fingerprint density at radius 1 is 1.00 bits per heavy atom. The Bertz CT molecular complexity index is 1180. The van der Waals surface area contributed by atoms with E-state index in [0.29, 0.717) is 54.0 Å². The van der Waals surface area contributed by atoms with Crippen LogP contribution >= 0.6 is 0 Å². The lowest BCUT2D eigenvalue weighted by atomic mass is 9.91. The summed E-state index contributed by atoms with van der Waals surface area (Å²) < 4.78 is 1.83. The quantitative estimate of drug-likeness (QED) is 0.535. The van der Waals surface area contributed by atoms with E-state index < -0.39 is 0 Å². The summed E-state index contributed by atoms with van der Waals surface area (Å²) in [7, 11) is 0. The number of anilines is 2. The molecule has 2 atom stereocenters. The van der Waals surface area contributed by atoms with Crippen LogP contribution in [0.1, 0.15) is 47.4 Å². The second-order valence-electron chi connectivity index (χ2n) is 9.34. The molecule has 8 heteroatoms. The second-order valence-corrected chi connectivity index (χ2v) is 9.34. The lowest BCUT2D eigenvalue weighted by Crippen LogP contribution is -2.42. The molecule has 1 saturated heterocycles. The fraction of sp³-hybridized carbons (Fsp3) is 0.333. The maximum absolute atomic E-state index is 13.3. The average molecular weight is 474 g/mol. The molecule has 0 aliphatic carbocycles. The minimum Gasteiger partial charge on any atom is -0.338 e. The molecule has 4 rings (SSSR count). The van der Waals surface area contributed by atoms with E-state index in [4.69, 9.17) is 0 Å². The zero-order valence-corrected chi connectivity index (χ0v) is 20.1. The number of benzene rings is 2. The zero-order valence-electron chi connectivity index (χ0n) is 20.1. The number of carbonyl (C=O) groups is 3. The Kier molecular flexibility index (Phi) is 7.60. The number of hydrogen-bond donors (Lipinski definition) is 2. The number of imidazole rings is 1. The van der Waals surface area contributed by atoms with Crippen LogP contribution in [-0.2, 0) is 11.3 Å². The molecule has 1 aliphatic rings. The normalized spacial score (nSPS) is 17.6. The highest BCUT2D eigenvalue weighted by molar-refractivity contribution is 6.09. The van der Waals surface area contributed by atoms with Crippen molar-refractivity contribution in [3.8, 4) is 0 Å². The molecule has 0 saturated carbocycles. The van der Waals surface area contributed by atoms with Crippen molar-refractivity contribution in [1.29, 1.82) is 0 Å². The Labute approximate surface area is 205 Å². The van der Waals surface area contributed by atoms with E-state index in [0.717, 1.165) is 6.42 Å². The molecule has 8 nitrogen and oxygen atoms in total. The van der Waals surface area contributed by atoms with Crippen LogP contribution in [0, 0.1) is 11.8 Å². The third-order valence-electron chi connectivity index (χ3n) is 6.13. The standard InChI is InChI=1S/C27H31N5O3/c1-19-14-20(2)17-32(16-19)27(35)23-8-3-4-9-24(23)30-26(34)21-6-5-7-22(15-21)29-25(33)10-12-31-13-11-28-18-31/h3-9,11,13,15,18-20H,10,12,14,16-17H2,1-2H3,(H,29,33)(H,30,34). The predicted molar refractivity (Wildman–Crippen MR) is 135 cm³/mol. The molecule has 2 aromatic carbocycles. The van der Waals surface area contributed by atoms with Crippen LogP contribution in [0.4, 0.5) is 11.4 Å². The van der Waals surface area contributed by atoms with Crippen LogP contribution in [-0.4, -0.2) is 45.3 Å². The highest BCUT2D eigenvalue weighted by Gasteiger charge is 2.27. The fourth-order valence-electron chi connectivity index (χ4n) is 4.58. The third kappa shape index (κ3) is 6.35. The highest BCUT2D eigenvalue weighted by Crippen LogP contribution is 2.25. The van der Waals surface area contributed by atoms with Gasteiger partial charge in [-0.1, -0.05) is 32.0 Å². The van der Waals surface area contributed by atoms with E-state index in [1.54, 1.807) is 67.3 Å². The van der Waals surface area contributed by atoms with Crippen LogP contribution in [0.25, 0.3) is 0 Å². The number of nitrogens with zero attached hydrogens (tertiary/aromatic N) is 3. The van der Waals surface area contributed by atoms with Gasteiger partial charge in [0.2, 0.25) is 5.91 Å². The van der Waals surface area contributed by atoms with E-state index >= 15 is 0 Å². The minimum absolute atomic E-state index is 0.0711. The SMILES string of the molecule is CC1CC(C)CN(C(=O)c2ccccc2NC(=O)c2cccc(NC(=O)CCn3ccnc3)c2)C1. The van der Waals surface area contributed by atoms with Crippen molar-refractivity contribution in [3.63, 3.8) is 0 Å². The summed E-state index contributed by atoms with van der Waals surface area (Å²) in [6, 6.07) is 13.8. The Morgan fingerprint density at radius 3 is 2.51 bits per heavy atom. The summed E-state index contributed by atoms with van der Waals surface area (Å²) in [4.78, 5) is 44.5. The van der Waals surface area contributed by atoms with Crippen LogP contribution < -0.4 is 10.6 Å². The summed E-state index contributed by atoms with van der Waals surface area (Å²) in [5.41, 5.74) is 1.88. The van der Waals surface area contributed by atoms with Gasteiger partial charge < -0.3 is 20.1 Å². The second kappa shape index (κ2) is 11.0. The topological polar surface area (TPSA) is 96.3 Å². The molecule has 35 heavy (non-hydrogen) atoms. The van der Waals surface area contributed by atoms with Crippen molar-refractivity contribution in [3.05, 3.63) is 78.4 Å². The largest absolute Gasteiger partial charge is 0.338 e. The van der Waals surface area contributed by atoms with E-state index in [1.807, 2.05) is 9.47 Å². The van der Waals surface area contributed by atoms with Gasteiger partial charge in [0.25, 0.3) is 11.8 Å². The Hall–Kier alpha value is -3.94. The van der Waals surface area contributed by atoms with Crippen LogP contribution in [0.15, 0.2) is 67.3 Å². The first-order valence-electron chi connectivity index (χ1n) is 11.9. The molecule has 0 bridgehead atoms. The number of carbonyl (C=O) groups excluding carboxylic acids is 3. The molecule has 2 heterocycles. The van der Waals surface area contributed by atoms with Gasteiger partial charge in [0.05, 0.1) is 17.6 Å². The number of para-hydroxylation sites is 1. The number of aryl methyl sites for hydroxylation is 1. The molecule has 1 aliphatic heterocycles. The van der Waals surface area contributed by atoms with E-state index in [9.17, 15) is 14.4 Å². The molecular formula is C27H31N5O3. The molecule has 2 N–H and O–H groups in total. The first-order chi connectivity index (χ1) is 16.9. The Morgan fingerprint density at radius 2 is 1.77 bits per heavy atom. The van der Waals surface area contributed by atoms with E-state index in [1.165, 1.54) is 0 Å². The van der Waals surface area contributed by atoms with Crippen molar-refractivity contribution in [2.75, 3.05) is 23.7 Å². The molecule has 0 radical (unpaired) electrons. The van der Waals surface area contributed by atoms with E-state index in [2.05, 4.69) is 29.5 Å². The van der Waals surface area contributed by atoms with Crippen molar-refractivity contribution in [1.82, 2.24) is 14.5 Å². The van der Waals surface area contributed by atoms with Gasteiger partial charge in [-0.2, -0.15) is 0 Å². The maximum atomic E-state index is 13.3. The van der Waals surface area contributed by atoms with Crippen LogP contribution in [0.5, 0.6) is 0 Å². The molecule has 2 unspecified atom stereocenters. The zero-order chi connectivity index (χ0) is 24.8. The van der Waals surface area contributed by atoms with Crippen molar-refractivity contribution in [2.24, 2.45) is 11.8 Å². The number of amides is 3. The Balaban J connectivity index is 1.42. The van der Waals surface area contributed by atoms with Gasteiger partial charge in [0, 0.05) is 49.7 Å². The van der Waals surface area contributed by atoms with Gasteiger partial charge in [0.1, 0.15) is 0 Å². The predicted octanol–water partition coefficient (Wildman–Crippen LogP) is 4.28. The fourth-order valence-corrected chi connectivity index (χ4v) is 4.58. The van der Waals surface area contributed by atoms with Gasteiger partial charge in [-0.05, 0) is 48.6 Å². The number of nitrogens with one attached hydrogen (secondary N) is 2.